The maximum absolute atomic E-state index is 14.2. The van der Waals surface area contributed by atoms with Crippen LogP contribution in [0.3, 0.4) is 0 Å². The number of carbonyl (C=O) groups excluding carboxylic acids is 1. The standard InChI is InChI=1S/C24H29ClFN4O9P/c1-14(2)36-21(32)15(3)38-40(34,39-16-7-5-4-6-8-16)35-13-19-17(12-31)24(28,9-10-25)22(37-19)30-11-18(26)20(27)29-23(30)33/h4-8,11,14-15,17,19,22,31H,12-13,28H2,1-3H3,(H2,27,29,33)/t15-,17?,19+,22+,24?,40?/m0/s1. The van der Waals surface area contributed by atoms with Gasteiger partial charge in [0.1, 0.15) is 11.3 Å². The second kappa shape index (κ2) is 13.1. The van der Waals surface area contributed by atoms with Crippen molar-refractivity contribution < 1.29 is 41.9 Å². The fraction of sp³-hybridized carbons (Fsp3) is 0.458. The maximum atomic E-state index is 14.2. The van der Waals surface area contributed by atoms with Crippen molar-refractivity contribution in [3.63, 3.8) is 0 Å². The lowest BCUT2D eigenvalue weighted by molar-refractivity contribution is -0.155. The number of nitrogen functional groups attached to an aromatic ring is 1. The summed E-state index contributed by atoms with van der Waals surface area (Å²) >= 11 is 5.62. The van der Waals surface area contributed by atoms with Gasteiger partial charge in [-0.3, -0.25) is 13.6 Å². The molecule has 0 spiro atoms. The summed E-state index contributed by atoms with van der Waals surface area (Å²) < 4.78 is 56.0. The van der Waals surface area contributed by atoms with Crippen molar-refractivity contribution in [3.05, 3.63) is 52.8 Å². The van der Waals surface area contributed by atoms with Crippen LogP contribution < -0.4 is 21.7 Å². The van der Waals surface area contributed by atoms with Crippen molar-refractivity contribution in [2.45, 2.75) is 50.8 Å². The molecule has 1 aliphatic heterocycles. The molecule has 0 aliphatic carbocycles. The Morgan fingerprint density at radius 1 is 1.35 bits per heavy atom. The minimum atomic E-state index is -4.58. The molecule has 1 aliphatic rings. The van der Waals surface area contributed by atoms with E-state index in [2.05, 4.69) is 16.3 Å². The van der Waals surface area contributed by atoms with Gasteiger partial charge in [0.2, 0.25) is 0 Å². The first-order valence-electron chi connectivity index (χ1n) is 11.9. The minimum absolute atomic E-state index is 0.0929. The molecule has 218 valence electrons. The number of halogens is 2. The second-order valence-electron chi connectivity index (χ2n) is 9.01. The highest BCUT2D eigenvalue weighted by atomic mass is 35.5. The number of phosphoric ester groups is 1. The van der Waals surface area contributed by atoms with Crippen molar-refractivity contribution in [3.8, 4) is 17.0 Å². The summed E-state index contributed by atoms with van der Waals surface area (Å²) in [5, 5.41) is 12.3. The molecule has 3 unspecified atom stereocenters. The minimum Gasteiger partial charge on any atom is -0.461 e. The second-order valence-corrected chi connectivity index (χ2v) is 10.7. The molecule has 0 radical (unpaired) electrons. The number of benzene rings is 1. The highest BCUT2D eigenvalue weighted by Crippen LogP contribution is 2.52. The van der Waals surface area contributed by atoms with Crippen LogP contribution in [0.5, 0.6) is 5.75 Å². The fourth-order valence-electron chi connectivity index (χ4n) is 3.86. The highest BCUT2D eigenvalue weighted by molar-refractivity contribution is 7.49. The molecule has 1 saturated heterocycles. The van der Waals surface area contributed by atoms with Gasteiger partial charge < -0.3 is 30.6 Å². The Morgan fingerprint density at radius 3 is 2.62 bits per heavy atom. The molecule has 40 heavy (non-hydrogen) atoms. The largest absolute Gasteiger partial charge is 0.530 e. The summed E-state index contributed by atoms with van der Waals surface area (Å²) in [7, 11) is -4.58. The van der Waals surface area contributed by atoms with E-state index in [1.807, 2.05) is 0 Å². The van der Waals surface area contributed by atoms with Gasteiger partial charge in [-0.1, -0.05) is 24.1 Å². The molecule has 3 rings (SSSR count). The zero-order valence-corrected chi connectivity index (χ0v) is 23.4. The van der Waals surface area contributed by atoms with E-state index in [9.17, 15) is 23.7 Å². The number of aliphatic hydroxyl groups is 1. The Balaban J connectivity index is 1.92. The number of ether oxygens (including phenoxy) is 2. The van der Waals surface area contributed by atoms with Crippen LogP contribution >= 0.6 is 19.4 Å². The lowest BCUT2D eigenvalue weighted by atomic mass is 9.83. The number of rotatable bonds is 11. The first-order chi connectivity index (χ1) is 18.8. The Morgan fingerprint density at radius 2 is 2.02 bits per heavy atom. The van der Waals surface area contributed by atoms with Crippen molar-refractivity contribution in [1.82, 2.24) is 9.55 Å². The summed E-state index contributed by atoms with van der Waals surface area (Å²) in [6, 6.07) is 7.85. The highest BCUT2D eigenvalue weighted by Gasteiger charge is 2.55. The third-order valence-electron chi connectivity index (χ3n) is 5.75. The van der Waals surface area contributed by atoms with Gasteiger partial charge in [0.15, 0.2) is 24.0 Å². The van der Waals surface area contributed by atoms with Crippen LogP contribution in [0.15, 0.2) is 41.3 Å². The third kappa shape index (κ3) is 7.18. The van der Waals surface area contributed by atoms with Crippen LogP contribution in [-0.4, -0.2) is 57.7 Å². The quantitative estimate of drug-likeness (QED) is 0.193. The molecular formula is C24H29ClFN4O9P. The molecular weight excluding hydrogens is 574 g/mol. The molecule has 1 aromatic carbocycles. The van der Waals surface area contributed by atoms with Crippen LogP contribution in [0, 0.1) is 23.0 Å². The molecule has 13 nitrogen and oxygen atoms in total. The number of hydrogen-bond acceptors (Lipinski definition) is 12. The zero-order valence-electron chi connectivity index (χ0n) is 21.7. The van der Waals surface area contributed by atoms with E-state index in [0.717, 1.165) is 6.20 Å². The number of esters is 1. The number of nitrogens with zero attached hydrogens (tertiary/aromatic N) is 2. The van der Waals surface area contributed by atoms with Gasteiger partial charge in [-0.2, -0.15) is 4.98 Å². The summed E-state index contributed by atoms with van der Waals surface area (Å²) in [6.07, 6.45) is -3.88. The van der Waals surface area contributed by atoms with Crippen LogP contribution in [0.2, 0.25) is 0 Å². The zero-order chi connectivity index (χ0) is 29.7. The van der Waals surface area contributed by atoms with Gasteiger partial charge in [0, 0.05) is 11.3 Å². The molecule has 0 amide bonds. The number of phosphoric acid groups is 1. The lowest BCUT2D eigenvalue weighted by Gasteiger charge is -2.29. The monoisotopic (exact) mass is 602 g/mol. The first kappa shape index (κ1) is 31.5. The van der Waals surface area contributed by atoms with E-state index in [1.54, 1.807) is 32.0 Å². The van der Waals surface area contributed by atoms with Gasteiger partial charge in [0.05, 0.1) is 31.6 Å². The van der Waals surface area contributed by atoms with Gasteiger partial charge in [-0.05, 0) is 44.5 Å². The number of para-hydroxylation sites is 1. The Labute approximate surface area is 234 Å². The number of hydrogen-bond donors (Lipinski definition) is 3. The summed E-state index contributed by atoms with van der Waals surface area (Å²) in [6.45, 7) is 3.26. The van der Waals surface area contributed by atoms with Crippen LogP contribution in [-0.2, 0) is 27.9 Å². The molecule has 5 N–H and O–H groups in total. The normalized spacial score (nSPS) is 24.6. The van der Waals surface area contributed by atoms with Gasteiger partial charge in [-0.15, -0.1) is 0 Å². The van der Waals surface area contributed by atoms with Crippen molar-refractivity contribution in [2.24, 2.45) is 11.7 Å². The fourth-order valence-corrected chi connectivity index (χ4v) is 5.37. The molecule has 0 bridgehead atoms. The molecule has 2 aromatic rings. The number of carbonyl (C=O) groups is 1. The Bertz CT molecular complexity index is 1370. The Hall–Kier alpha value is -3.02. The lowest BCUT2D eigenvalue weighted by Crippen LogP contribution is -2.53. The average molecular weight is 603 g/mol. The molecule has 16 heteroatoms. The molecule has 1 aromatic heterocycles. The van der Waals surface area contributed by atoms with Crippen molar-refractivity contribution in [2.75, 3.05) is 18.9 Å². The molecule has 2 heterocycles. The van der Waals surface area contributed by atoms with Gasteiger partial charge in [-0.25, -0.2) is 18.5 Å². The molecule has 1 fully saturated rings. The summed E-state index contributed by atoms with van der Waals surface area (Å²) in [5.41, 5.74) is 8.92. The number of anilines is 1. The Kier molecular flexibility index (Phi) is 10.3. The topological polar surface area (TPSA) is 187 Å². The number of nitrogens with two attached hydrogens (primary N) is 2. The molecule has 0 saturated carbocycles. The van der Waals surface area contributed by atoms with E-state index in [1.165, 1.54) is 19.1 Å². The smallest absolute Gasteiger partial charge is 0.461 e. The number of aliphatic hydroxyl groups excluding tert-OH is 1. The van der Waals surface area contributed by atoms with E-state index in [4.69, 9.17) is 46.1 Å². The maximum Gasteiger partial charge on any atom is 0.530 e. The van der Waals surface area contributed by atoms with Crippen molar-refractivity contribution in [1.29, 1.82) is 0 Å². The number of aromatic nitrogens is 2. The van der Waals surface area contributed by atoms with Gasteiger partial charge >= 0.3 is 19.5 Å². The summed E-state index contributed by atoms with van der Waals surface area (Å²) in [5.74, 6) is -1.06. The SMILES string of the molecule is CC(C)OC(=O)[C@H](C)OP(=O)(OC[C@H]1O[C@@H](n2cc(F)c(N)nc2=O)C(N)(C#CCl)C1CO)Oc1ccccc1. The predicted octanol–water partition coefficient (Wildman–Crippen LogP) is 1.93. The average Bonchev–Trinajstić information content (AvgIpc) is 3.16. The van der Waals surface area contributed by atoms with E-state index < -0.39 is 80.3 Å². The van der Waals surface area contributed by atoms with E-state index >= 15 is 0 Å². The third-order valence-corrected chi connectivity index (χ3v) is 7.32. The van der Waals surface area contributed by atoms with Crippen LogP contribution in [0.1, 0.15) is 27.0 Å². The molecule has 6 atom stereocenters. The first-order valence-corrected chi connectivity index (χ1v) is 13.8. The van der Waals surface area contributed by atoms with E-state index in [0.29, 0.717) is 4.57 Å². The van der Waals surface area contributed by atoms with Crippen molar-refractivity contribution >= 4 is 31.2 Å². The van der Waals surface area contributed by atoms with Gasteiger partial charge in [0.25, 0.3) is 0 Å². The summed E-state index contributed by atoms with van der Waals surface area (Å²) in [4.78, 5) is 28.2. The van der Waals surface area contributed by atoms with Crippen LogP contribution in [0.4, 0.5) is 10.2 Å². The van der Waals surface area contributed by atoms with Crippen LogP contribution in [0.25, 0.3) is 0 Å². The van der Waals surface area contributed by atoms with E-state index in [-0.39, 0.29) is 5.75 Å². The predicted molar refractivity (Wildman–Crippen MR) is 140 cm³/mol.